The first-order chi connectivity index (χ1) is 13.7. The topological polar surface area (TPSA) is 54.7 Å². The van der Waals surface area contributed by atoms with E-state index in [1.807, 2.05) is 30.3 Å². The summed E-state index contributed by atoms with van der Waals surface area (Å²) in [5, 5.41) is 5.10. The van der Waals surface area contributed by atoms with Crippen molar-refractivity contribution in [1.82, 2.24) is 10.2 Å². The van der Waals surface area contributed by atoms with Crippen LogP contribution in [0.25, 0.3) is 10.8 Å². The second-order valence-electron chi connectivity index (χ2n) is 6.67. The third-order valence-corrected chi connectivity index (χ3v) is 4.84. The number of benzene rings is 2. The monoisotopic (exact) mass is 380 g/mol. The van der Waals surface area contributed by atoms with Crippen LogP contribution in [0.2, 0.25) is 0 Å². The number of hydrogen-bond acceptors (Lipinski definition) is 4. The van der Waals surface area contributed by atoms with Crippen molar-refractivity contribution < 1.29 is 13.9 Å². The second-order valence-corrected chi connectivity index (χ2v) is 6.67. The Morgan fingerprint density at radius 2 is 1.82 bits per heavy atom. The third kappa shape index (κ3) is 5.14. The highest BCUT2D eigenvalue weighted by Gasteiger charge is 2.12. The fourth-order valence-electron chi connectivity index (χ4n) is 3.18. The summed E-state index contributed by atoms with van der Waals surface area (Å²) in [6.45, 7) is 8.25. The smallest absolute Gasteiger partial charge is 0.286 e. The van der Waals surface area contributed by atoms with Crippen LogP contribution in [0, 0.1) is 0 Å². The molecule has 3 aromatic rings. The van der Waals surface area contributed by atoms with Gasteiger partial charge in [-0.25, -0.2) is 0 Å². The van der Waals surface area contributed by atoms with Crippen LogP contribution in [0.5, 0.6) is 5.75 Å². The number of fused-ring (bicyclic) bond motifs is 1. The first-order valence-electron chi connectivity index (χ1n) is 9.91. The van der Waals surface area contributed by atoms with Gasteiger partial charge < -0.3 is 19.4 Å². The molecule has 5 heteroatoms. The summed E-state index contributed by atoms with van der Waals surface area (Å²) in [5.41, 5.74) is 0. The largest absolute Gasteiger partial charge is 0.485 e. The molecule has 0 radical (unpaired) electrons. The normalized spacial score (nSPS) is 11.1. The van der Waals surface area contributed by atoms with Gasteiger partial charge in [-0.1, -0.05) is 50.2 Å². The molecule has 0 saturated carbocycles. The number of amides is 1. The molecule has 1 aromatic heterocycles. The number of carbonyl (C=O) groups excluding carboxylic acids is 1. The van der Waals surface area contributed by atoms with Crippen molar-refractivity contribution in [2.24, 2.45) is 0 Å². The zero-order valence-electron chi connectivity index (χ0n) is 16.6. The fraction of sp³-hybridized carbons (Fsp3) is 0.348. The summed E-state index contributed by atoms with van der Waals surface area (Å²) < 4.78 is 11.6. The van der Waals surface area contributed by atoms with Gasteiger partial charge in [0.1, 0.15) is 18.1 Å². The SMILES string of the molecule is CCN(CC)CCCNC(=O)c1ccc(COc2cccc3ccccc23)o1. The van der Waals surface area contributed by atoms with Gasteiger partial charge in [0.25, 0.3) is 5.91 Å². The maximum atomic E-state index is 12.2. The molecule has 0 fully saturated rings. The summed E-state index contributed by atoms with van der Waals surface area (Å²) in [5.74, 6) is 1.56. The molecule has 148 valence electrons. The Morgan fingerprint density at radius 3 is 2.64 bits per heavy atom. The van der Waals surface area contributed by atoms with Gasteiger partial charge in [-0.05, 0) is 49.6 Å². The van der Waals surface area contributed by atoms with Gasteiger partial charge in [0.05, 0.1) is 0 Å². The van der Waals surface area contributed by atoms with Crippen LogP contribution < -0.4 is 10.1 Å². The molecular weight excluding hydrogens is 352 g/mol. The Morgan fingerprint density at radius 1 is 1.04 bits per heavy atom. The van der Waals surface area contributed by atoms with E-state index in [0.717, 1.165) is 42.6 Å². The van der Waals surface area contributed by atoms with Crippen LogP contribution in [0.3, 0.4) is 0 Å². The highest BCUT2D eigenvalue weighted by molar-refractivity contribution is 5.91. The molecule has 1 amide bonds. The summed E-state index contributed by atoms with van der Waals surface area (Å²) >= 11 is 0. The lowest BCUT2D eigenvalue weighted by atomic mass is 10.1. The molecule has 1 heterocycles. The van der Waals surface area contributed by atoms with Crippen molar-refractivity contribution in [2.75, 3.05) is 26.2 Å². The van der Waals surface area contributed by atoms with Crippen molar-refractivity contribution in [3.05, 3.63) is 66.1 Å². The van der Waals surface area contributed by atoms with Crippen LogP contribution in [0.15, 0.2) is 59.0 Å². The minimum atomic E-state index is -0.184. The molecule has 1 N–H and O–H groups in total. The van der Waals surface area contributed by atoms with E-state index < -0.39 is 0 Å². The molecular formula is C23H28N2O3. The summed E-state index contributed by atoms with van der Waals surface area (Å²) in [7, 11) is 0. The third-order valence-electron chi connectivity index (χ3n) is 4.84. The lowest BCUT2D eigenvalue weighted by Gasteiger charge is -2.17. The highest BCUT2D eigenvalue weighted by atomic mass is 16.5. The Balaban J connectivity index is 1.50. The number of ether oxygens (including phenoxy) is 1. The Labute approximate surface area is 166 Å². The van der Waals surface area contributed by atoms with Gasteiger partial charge in [-0.2, -0.15) is 0 Å². The zero-order chi connectivity index (χ0) is 19.8. The van der Waals surface area contributed by atoms with Crippen LogP contribution in [-0.2, 0) is 6.61 Å². The minimum Gasteiger partial charge on any atom is -0.485 e. The van der Waals surface area contributed by atoms with Crippen molar-refractivity contribution in [1.29, 1.82) is 0 Å². The van der Waals surface area contributed by atoms with Crippen molar-refractivity contribution in [3.63, 3.8) is 0 Å². The average molecular weight is 380 g/mol. The maximum Gasteiger partial charge on any atom is 0.286 e. The van der Waals surface area contributed by atoms with E-state index in [4.69, 9.17) is 9.15 Å². The lowest BCUT2D eigenvalue weighted by Crippen LogP contribution is -2.29. The average Bonchev–Trinajstić information content (AvgIpc) is 3.21. The quantitative estimate of drug-likeness (QED) is 0.527. The van der Waals surface area contributed by atoms with E-state index in [2.05, 4.69) is 36.2 Å². The predicted molar refractivity (Wildman–Crippen MR) is 112 cm³/mol. The zero-order valence-corrected chi connectivity index (χ0v) is 16.6. The lowest BCUT2D eigenvalue weighted by molar-refractivity contribution is 0.0920. The van der Waals surface area contributed by atoms with Crippen molar-refractivity contribution in [3.8, 4) is 5.75 Å². The van der Waals surface area contributed by atoms with Gasteiger partial charge in [0, 0.05) is 11.9 Å². The Bertz CT molecular complexity index is 894. The first-order valence-corrected chi connectivity index (χ1v) is 9.91. The predicted octanol–water partition coefficient (Wildman–Crippen LogP) is 4.47. The van der Waals surface area contributed by atoms with Crippen molar-refractivity contribution in [2.45, 2.75) is 26.9 Å². The van der Waals surface area contributed by atoms with Gasteiger partial charge >= 0.3 is 0 Å². The molecule has 0 aliphatic rings. The number of hydrogen-bond donors (Lipinski definition) is 1. The fourth-order valence-corrected chi connectivity index (χ4v) is 3.18. The minimum absolute atomic E-state index is 0.184. The van der Waals surface area contributed by atoms with Crippen LogP contribution >= 0.6 is 0 Å². The molecule has 0 aliphatic heterocycles. The van der Waals surface area contributed by atoms with Gasteiger partial charge in [-0.15, -0.1) is 0 Å². The molecule has 5 nitrogen and oxygen atoms in total. The van der Waals surface area contributed by atoms with Gasteiger partial charge in [0.15, 0.2) is 5.76 Å². The van der Waals surface area contributed by atoms with E-state index in [1.165, 1.54) is 0 Å². The Hall–Kier alpha value is -2.79. The molecule has 0 spiro atoms. The van der Waals surface area contributed by atoms with E-state index in [-0.39, 0.29) is 12.5 Å². The number of carbonyl (C=O) groups is 1. The summed E-state index contributed by atoms with van der Waals surface area (Å²) in [6, 6.07) is 17.5. The van der Waals surface area contributed by atoms with Gasteiger partial charge in [0.2, 0.25) is 0 Å². The number of rotatable bonds is 10. The number of nitrogens with one attached hydrogen (secondary N) is 1. The number of furan rings is 1. The maximum absolute atomic E-state index is 12.2. The molecule has 0 aliphatic carbocycles. The van der Waals surface area contributed by atoms with E-state index in [1.54, 1.807) is 12.1 Å². The molecule has 28 heavy (non-hydrogen) atoms. The first kappa shape index (κ1) is 20.0. The summed E-state index contributed by atoms with van der Waals surface area (Å²) in [6.07, 6.45) is 0.922. The van der Waals surface area contributed by atoms with Crippen LogP contribution in [0.4, 0.5) is 0 Å². The van der Waals surface area contributed by atoms with Crippen LogP contribution in [0.1, 0.15) is 36.6 Å². The standard InChI is InChI=1S/C23H28N2O3/c1-3-25(4-2)16-8-15-24-23(26)22-14-13-19(28-22)17-27-21-12-7-10-18-9-5-6-11-20(18)21/h5-7,9-14H,3-4,8,15-17H2,1-2H3,(H,24,26). The molecule has 2 aromatic carbocycles. The Kier molecular flexibility index (Phi) is 7.09. The number of nitrogens with zero attached hydrogens (tertiary/aromatic N) is 1. The molecule has 0 atom stereocenters. The van der Waals surface area contributed by atoms with E-state index >= 15 is 0 Å². The molecule has 0 bridgehead atoms. The molecule has 0 saturated heterocycles. The molecule has 3 rings (SSSR count). The van der Waals surface area contributed by atoms with E-state index in [0.29, 0.717) is 18.1 Å². The second kappa shape index (κ2) is 9.95. The van der Waals surface area contributed by atoms with Crippen LogP contribution in [-0.4, -0.2) is 37.0 Å². The van der Waals surface area contributed by atoms with Crippen molar-refractivity contribution >= 4 is 16.7 Å². The molecule has 0 unspecified atom stereocenters. The summed E-state index contributed by atoms with van der Waals surface area (Å²) in [4.78, 5) is 14.6. The highest BCUT2D eigenvalue weighted by Crippen LogP contribution is 2.26. The van der Waals surface area contributed by atoms with E-state index in [9.17, 15) is 4.79 Å². The van der Waals surface area contributed by atoms with Gasteiger partial charge in [-0.3, -0.25) is 4.79 Å².